The predicted molar refractivity (Wildman–Crippen MR) is 127 cm³/mol. The van der Waals surface area contributed by atoms with Gasteiger partial charge in [0, 0.05) is 32.3 Å². The van der Waals surface area contributed by atoms with Crippen molar-refractivity contribution in [2.75, 3.05) is 32.1 Å². The van der Waals surface area contributed by atoms with Crippen molar-refractivity contribution in [2.24, 2.45) is 0 Å². The highest BCUT2D eigenvalue weighted by Crippen LogP contribution is 2.25. The number of aryl methyl sites for hydroxylation is 2. The smallest absolute Gasteiger partial charge is 0.245 e. The number of benzene rings is 2. The standard InChI is InChI=1S/C25H32N4O4/c1-33-17-21(25(32)28-15-20-10-5-9-19-11-6-14-26-24(19)20)29-23(31)16-27-22(30)13-12-18-7-3-2-4-8-18/h2-5,7-10,21,26H,6,11-17H2,1H3,(H,27,30)(H,28,32)(H,29,31). The minimum Gasteiger partial charge on any atom is -0.385 e. The Bertz CT molecular complexity index is 949. The number of fused-ring (bicyclic) bond motifs is 1. The largest absolute Gasteiger partial charge is 0.385 e. The molecule has 0 aliphatic carbocycles. The molecule has 8 nitrogen and oxygen atoms in total. The molecule has 1 aliphatic rings. The Labute approximate surface area is 194 Å². The minimum atomic E-state index is -0.851. The van der Waals surface area contributed by atoms with Crippen molar-refractivity contribution >= 4 is 23.4 Å². The van der Waals surface area contributed by atoms with E-state index in [1.54, 1.807) is 0 Å². The molecule has 3 rings (SSSR count). The molecule has 3 amide bonds. The molecule has 0 saturated carbocycles. The maximum atomic E-state index is 12.7. The first-order chi connectivity index (χ1) is 16.1. The molecule has 4 N–H and O–H groups in total. The highest BCUT2D eigenvalue weighted by molar-refractivity contribution is 5.90. The van der Waals surface area contributed by atoms with Gasteiger partial charge in [-0.2, -0.15) is 0 Å². The highest BCUT2D eigenvalue weighted by atomic mass is 16.5. The van der Waals surface area contributed by atoms with Gasteiger partial charge in [-0.15, -0.1) is 0 Å². The van der Waals surface area contributed by atoms with Crippen molar-refractivity contribution in [2.45, 2.75) is 38.3 Å². The maximum Gasteiger partial charge on any atom is 0.245 e. The number of carbonyl (C=O) groups excluding carboxylic acids is 3. The normalized spacial score (nSPS) is 13.2. The van der Waals surface area contributed by atoms with Gasteiger partial charge in [0.05, 0.1) is 13.2 Å². The van der Waals surface area contributed by atoms with E-state index in [2.05, 4.69) is 27.3 Å². The molecule has 0 fully saturated rings. The van der Waals surface area contributed by atoms with Gasteiger partial charge in [0.15, 0.2) is 0 Å². The molecule has 1 heterocycles. The van der Waals surface area contributed by atoms with Crippen molar-refractivity contribution < 1.29 is 19.1 Å². The molecule has 0 bridgehead atoms. The van der Waals surface area contributed by atoms with Crippen LogP contribution in [0.25, 0.3) is 0 Å². The number of amides is 3. The predicted octanol–water partition coefficient (Wildman–Crippen LogP) is 1.54. The number of methoxy groups -OCH3 is 1. The zero-order valence-corrected chi connectivity index (χ0v) is 19.0. The van der Waals surface area contributed by atoms with Crippen LogP contribution >= 0.6 is 0 Å². The molecule has 33 heavy (non-hydrogen) atoms. The Hall–Kier alpha value is -3.39. The van der Waals surface area contributed by atoms with E-state index in [0.29, 0.717) is 13.0 Å². The first kappa shape index (κ1) is 24.3. The Morgan fingerprint density at radius 3 is 2.64 bits per heavy atom. The van der Waals surface area contributed by atoms with Crippen molar-refractivity contribution in [3.05, 3.63) is 65.2 Å². The van der Waals surface area contributed by atoms with Crippen LogP contribution in [0.2, 0.25) is 0 Å². The van der Waals surface area contributed by atoms with E-state index < -0.39 is 11.9 Å². The zero-order chi connectivity index (χ0) is 23.5. The van der Waals surface area contributed by atoms with Gasteiger partial charge in [0.1, 0.15) is 6.04 Å². The van der Waals surface area contributed by atoms with E-state index >= 15 is 0 Å². The zero-order valence-electron chi connectivity index (χ0n) is 19.0. The van der Waals surface area contributed by atoms with Gasteiger partial charge < -0.3 is 26.0 Å². The van der Waals surface area contributed by atoms with Crippen LogP contribution in [0, 0.1) is 0 Å². The number of ether oxygens (including phenoxy) is 1. The summed E-state index contributed by atoms with van der Waals surface area (Å²) in [5.74, 6) is -1.00. The van der Waals surface area contributed by atoms with E-state index in [-0.39, 0.29) is 31.4 Å². The van der Waals surface area contributed by atoms with E-state index in [1.807, 2.05) is 42.5 Å². The van der Waals surface area contributed by atoms with Gasteiger partial charge >= 0.3 is 0 Å². The molecule has 1 unspecified atom stereocenters. The topological polar surface area (TPSA) is 109 Å². The second-order valence-corrected chi connectivity index (χ2v) is 8.04. The number of carbonyl (C=O) groups is 3. The van der Waals surface area contributed by atoms with Crippen LogP contribution in [0.5, 0.6) is 0 Å². The van der Waals surface area contributed by atoms with Crippen LogP contribution in [0.3, 0.4) is 0 Å². The molecule has 0 aromatic heterocycles. The summed E-state index contributed by atoms with van der Waals surface area (Å²) in [6, 6.07) is 14.9. The fourth-order valence-corrected chi connectivity index (χ4v) is 3.80. The minimum absolute atomic E-state index is 0.0324. The molecule has 8 heteroatoms. The van der Waals surface area contributed by atoms with Crippen LogP contribution < -0.4 is 21.3 Å². The van der Waals surface area contributed by atoms with Gasteiger partial charge in [-0.1, -0.05) is 48.5 Å². The van der Waals surface area contributed by atoms with Crippen LogP contribution in [-0.2, 0) is 38.5 Å². The summed E-state index contributed by atoms with van der Waals surface area (Å²) in [6.07, 6.45) is 2.99. The third-order valence-corrected chi connectivity index (χ3v) is 5.53. The summed E-state index contributed by atoms with van der Waals surface area (Å²) < 4.78 is 5.11. The van der Waals surface area contributed by atoms with Gasteiger partial charge in [-0.3, -0.25) is 14.4 Å². The lowest BCUT2D eigenvalue weighted by molar-refractivity contribution is -0.131. The second-order valence-electron chi connectivity index (χ2n) is 8.04. The van der Waals surface area contributed by atoms with Crippen LogP contribution in [0.1, 0.15) is 29.5 Å². The molecule has 2 aromatic rings. The molecular weight excluding hydrogens is 420 g/mol. The summed E-state index contributed by atoms with van der Waals surface area (Å²) in [6.45, 7) is 1.10. The van der Waals surface area contributed by atoms with Gasteiger partial charge in [-0.25, -0.2) is 0 Å². The van der Waals surface area contributed by atoms with Crippen molar-refractivity contribution in [1.82, 2.24) is 16.0 Å². The molecule has 1 aliphatic heterocycles. The summed E-state index contributed by atoms with van der Waals surface area (Å²) in [7, 11) is 1.47. The molecular formula is C25H32N4O4. The molecule has 176 valence electrons. The van der Waals surface area contributed by atoms with Crippen LogP contribution in [-0.4, -0.2) is 50.6 Å². The van der Waals surface area contributed by atoms with E-state index in [9.17, 15) is 14.4 Å². The van der Waals surface area contributed by atoms with Crippen LogP contribution in [0.15, 0.2) is 48.5 Å². The molecule has 2 aromatic carbocycles. The lowest BCUT2D eigenvalue weighted by Gasteiger charge is -2.22. The van der Waals surface area contributed by atoms with E-state index in [4.69, 9.17) is 4.74 Å². The fourth-order valence-electron chi connectivity index (χ4n) is 3.80. The summed E-state index contributed by atoms with van der Waals surface area (Å²) >= 11 is 0. The Balaban J connectivity index is 1.44. The van der Waals surface area contributed by atoms with Crippen molar-refractivity contribution in [3.63, 3.8) is 0 Å². The number of rotatable bonds is 11. The number of hydrogen-bond acceptors (Lipinski definition) is 5. The third-order valence-electron chi connectivity index (χ3n) is 5.53. The molecule has 1 atom stereocenters. The fraction of sp³-hybridized carbons (Fsp3) is 0.400. The lowest BCUT2D eigenvalue weighted by Crippen LogP contribution is -2.51. The maximum absolute atomic E-state index is 12.7. The average molecular weight is 453 g/mol. The lowest BCUT2D eigenvalue weighted by atomic mass is 9.99. The van der Waals surface area contributed by atoms with Gasteiger partial charge in [0.25, 0.3) is 0 Å². The summed E-state index contributed by atoms with van der Waals surface area (Å²) in [4.78, 5) is 37.0. The number of nitrogens with one attached hydrogen (secondary N) is 4. The quantitative estimate of drug-likeness (QED) is 0.414. The SMILES string of the molecule is COCC(NC(=O)CNC(=O)CCc1ccccc1)C(=O)NCc1cccc2c1NCCC2. The first-order valence-electron chi connectivity index (χ1n) is 11.3. The Morgan fingerprint density at radius 1 is 1.03 bits per heavy atom. The van der Waals surface area contributed by atoms with Gasteiger partial charge in [0.2, 0.25) is 17.7 Å². The summed E-state index contributed by atoms with van der Waals surface area (Å²) in [5, 5.41) is 11.5. The van der Waals surface area contributed by atoms with Crippen molar-refractivity contribution in [1.29, 1.82) is 0 Å². The highest BCUT2D eigenvalue weighted by Gasteiger charge is 2.21. The first-order valence-corrected chi connectivity index (χ1v) is 11.3. The Morgan fingerprint density at radius 2 is 1.85 bits per heavy atom. The number of para-hydroxylation sites is 1. The average Bonchev–Trinajstić information content (AvgIpc) is 2.85. The second kappa shape index (κ2) is 12.6. The van der Waals surface area contributed by atoms with Crippen LogP contribution in [0.4, 0.5) is 5.69 Å². The Kier molecular flexibility index (Phi) is 9.26. The summed E-state index contributed by atoms with van der Waals surface area (Å²) in [5.41, 5.74) is 4.39. The van der Waals surface area contributed by atoms with E-state index in [0.717, 1.165) is 36.2 Å². The van der Waals surface area contributed by atoms with E-state index in [1.165, 1.54) is 12.7 Å². The monoisotopic (exact) mass is 452 g/mol. The van der Waals surface area contributed by atoms with Crippen molar-refractivity contribution in [3.8, 4) is 0 Å². The third kappa shape index (κ3) is 7.61. The molecule has 0 saturated heterocycles. The molecule has 0 radical (unpaired) electrons. The molecule has 0 spiro atoms. The number of hydrogen-bond donors (Lipinski definition) is 4. The number of anilines is 1. The van der Waals surface area contributed by atoms with Gasteiger partial charge in [-0.05, 0) is 36.0 Å².